The van der Waals surface area contributed by atoms with Gasteiger partial charge in [0.05, 0.1) is 10.8 Å². The maximum absolute atomic E-state index is 12.2. The minimum absolute atomic E-state index is 0.126. The molecule has 1 saturated heterocycles. The van der Waals surface area contributed by atoms with Crippen LogP contribution in [0.3, 0.4) is 0 Å². The molecule has 1 aliphatic carbocycles. The summed E-state index contributed by atoms with van der Waals surface area (Å²) < 4.78 is 0. The molecule has 0 aromatic carbocycles. The van der Waals surface area contributed by atoms with Gasteiger partial charge in [-0.1, -0.05) is 19.8 Å². The summed E-state index contributed by atoms with van der Waals surface area (Å²) in [5.41, 5.74) is -0.126. The number of nitrogens with one attached hydrogen (secondary N) is 1. The number of carbonyl (C=O) groups is 1. The Bertz CT molecular complexity index is 281. The molecule has 0 bridgehead atoms. The van der Waals surface area contributed by atoms with E-state index >= 15 is 0 Å². The molecule has 2 aliphatic rings. The molecule has 3 unspecified atom stereocenters. The lowest BCUT2D eigenvalue weighted by Gasteiger charge is -2.40. The van der Waals surface area contributed by atoms with Crippen LogP contribution in [0.15, 0.2) is 0 Å². The summed E-state index contributed by atoms with van der Waals surface area (Å²) in [6.45, 7) is 2.26. The molecule has 3 atom stereocenters. The van der Waals surface area contributed by atoms with Gasteiger partial charge in [0.2, 0.25) is 5.91 Å². The predicted octanol–water partition coefficient (Wildman–Crippen LogP) is 3.19. The van der Waals surface area contributed by atoms with Crippen molar-refractivity contribution in [3.63, 3.8) is 0 Å². The third-order valence-corrected chi connectivity index (χ3v) is 5.85. The first-order valence-corrected chi connectivity index (χ1v) is 8.23. The largest absolute Gasteiger partial charge is 0.348 e. The summed E-state index contributed by atoms with van der Waals surface area (Å²) in [6.07, 6.45) is 6.75. The van der Waals surface area contributed by atoms with Crippen molar-refractivity contribution < 1.29 is 4.79 Å². The fourth-order valence-electron chi connectivity index (χ4n) is 3.05. The second-order valence-corrected chi connectivity index (χ2v) is 7.18. The molecular weight excluding hydrogens is 254 g/mol. The monoisotopic (exact) mass is 275 g/mol. The molecule has 1 saturated carbocycles. The van der Waals surface area contributed by atoms with Crippen LogP contribution >= 0.6 is 23.4 Å². The quantitative estimate of drug-likeness (QED) is 0.802. The van der Waals surface area contributed by atoms with Gasteiger partial charge in [-0.15, -0.1) is 23.4 Å². The normalized spacial score (nSPS) is 38.0. The fraction of sp³-hybridized carbons (Fsp3) is 0.923. The first-order chi connectivity index (χ1) is 8.15. The van der Waals surface area contributed by atoms with E-state index in [1.165, 1.54) is 19.3 Å². The van der Waals surface area contributed by atoms with E-state index < -0.39 is 0 Å². The molecule has 0 aromatic rings. The second-order valence-electron chi connectivity index (χ2n) is 5.61. The second kappa shape index (κ2) is 5.83. The van der Waals surface area contributed by atoms with Crippen LogP contribution in [-0.2, 0) is 4.79 Å². The molecule has 0 aromatic heterocycles. The van der Waals surface area contributed by atoms with E-state index in [1.807, 2.05) is 0 Å². The smallest absolute Gasteiger partial charge is 0.233 e. The lowest BCUT2D eigenvalue weighted by molar-refractivity contribution is -0.122. The van der Waals surface area contributed by atoms with Gasteiger partial charge in [0.15, 0.2) is 0 Å². The molecule has 1 amide bonds. The van der Waals surface area contributed by atoms with E-state index in [0.717, 1.165) is 25.0 Å². The van der Waals surface area contributed by atoms with E-state index in [2.05, 4.69) is 12.2 Å². The summed E-state index contributed by atoms with van der Waals surface area (Å²) in [4.78, 5) is 12.2. The molecule has 1 N–H and O–H groups in total. The van der Waals surface area contributed by atoms with Crippen LogP contribution in [0.25, 0.3) is 0 Å². The number of amides is 1. The molecule has 2 fully saturated rings. The number of carbonyl (C=O) groups excluding carboxylic acids is 1. The lowest BCUT2D eigenvalue weighted by atomic mass is 9.77. The van der Waals surface area contributed by atoms with Crippen molar-refractivity contribution in [1.29, 1.82) is 0 Å². The maximum Gasteiger partial charge on any atom is 0.233 e. The zero-order valence-corrected chi connectivity index (χ0v) is 12.1. The third kappa shape index (κ3) is 3.31. The van der Waals surface area contributed by atoms with Crippen molar-refractivity contribution in [3.05, 3.63) is 0 Å². The zero-order valence-electron chi connectivity index (χ0n) is 10.5. The average Bonchev–Trinajstić information content (AvgIpc) is 2.82. The van der Waals surface area contributed by atoms with Crippen LogP contribution in [0.5, 0.6) is 0 Å². The van der Waals surface area contributed by atoms with Gasteiger partial charge >= 0.3 is 0 Å². The number of alkyl halides is 1. The SMILES string of the molecule is CC1CCCC(CCl)(NC(=O)C2CCCS2)C1. The van der Waals surface area contributed by atoms with Crippen LogP contribution in [0.2, 0.25) is 0 Å². The van der Waals surface area contributed by atoms with Gasteiger partial charge in [-0.3, -0.25) is 4.79 Å². The van der Waals surface area contributed by atoms with E-state index in [9.17, 15) is 4.79 Å². The van der Waals surface area contributed by atoms with Gasteiger partial charge in [-0.05, 0) is 37.4 Å². The van der Waals surface area contributed by atoms with Gasteiger partial charge in [0, 0.05) is 5.88 Å². The summed E-state index contributed by atoms with van der Waals surface area (Å²) in [5, 5.41) is 3.44. The Morgan fingerprint density at radius 1 is 1.47 bits per heavy atom. The van der Waals surface area contributed by atoms with Gasteiger partial charge in [-0.2, -0.15) is 0 Å². The first-order valence-electron chi connectivity index (χ1n) is 6.65. The standard InChI is InChI=1S/C13H22ClNOS/c1-10-4-2-6-13(8-10,9-14)15-12(16)11-5-3-7-17-11/h10-11H,2-9H2,1H3,(H,15,16). The molecular formula is C13H22ClNOS. The summed E-state index contributed by atoms with van der Waals surface area (Å²) in [5.74, 6) is 2.59. The van der Waals surface area contributed by atoms with Crippen LogP contribution in [0.4, 0.5) is 0 Å². The summed E-state index contributed by atoms with van der Waals surface area (Å²) in [7, 11) is 0. The molecule has 2 rings (SSSR count). The number of thioether (sulfide) groups is 1. The van der Waals surface area contributed by atoms with E-state index in [1.54, 1.807) is 11.8 Å². The number of hydrogen-bond donors (Lipinski definition) is 1. The van der Waals surface area contributed by atoms with Crippen LogP contribution in [-0.4, -0.2) is 28.3 Å². The molecule has 2 nitrogen and oxygen atoms in total. The highest BCUT2D eigenvalue weighted by Crippen LogP contribution is 2.34. The summed E-state index contributed by atoms with van der Waals surface area (Å²) in [6, 6.07) is 0. The van der Waals surface area contributed by atoms with E-state index in [4.69, 9.17) is 11.6 Å². The molecule has 1 aliphatic heterocycles. The Kier molecular flexibility index (Phi) is 4.65. The zero-order chi connectivity index (χ0) is 12.3. The molecule has 0 radical (unpaired) electrons. The van der Waals surface area contributed by atoms with Crippen LogP contribution < -0.4 is 5.32 Å². The Morgan fingerprint density at radius 2 is 2.29 bits per heavy atom. The molecule has 4 heteroatoms. The van der Waals surface area contributed by atoms with Crippen LogP contribution in [0, 0.1) is 5.92 Å². The topological polar surface area (TPSA) is 29.1 Å². The van der Waals surface area contributed by atoms with E-state index in [0.29, 0.717) is 11.8 Å². The average molecular weight is 276 g/mol. The van der Waals surface area contributed by atoms with Gasteiger partial charge < -0.3 is 5.32 Å². The highest BCUT2D eigenvalue weighted by atomic mass is 35.5. The maximum atomic E-state index is 12.2. The van der Waals surface area contributed by atoms with Crippen molar-refractivity contribution in [1.82, 2.24) is 5.32 Å². The van der Waals surface area contributed by atoms with Crippen molar-refractivity contribution in [2.45, 2.75) is 56.2 Å². The van der Waals surface area contributed by atoms with Crippen molar-refractivity contribution in [3.8, 4) is 0 Å². The molecule has 0 spiro atoms. The Balaban J connectivity index is 1.95. The fourth-order valence-corrected chi connectivity index (χ4v) is 4.53. The van der Waals surface area contributed by atoms with Crippen molar-refractivity contribution >= 4 is 29.3 Å². The van der Waals surface area contributed by atoms with Gasteiger partial charge in [0.1, 0.15) is 0 Å². The Hall–Kier alpha value is 0.110. The molecule has 17 heavy (non-hydrogen) atoms. The predicted molar refractivity (Wildman–Crippen MR) is 74.7 cm³/mol. The van der Waals surface area contributed by atoms with E-state index in [-0.39, 0.29) is 16.7 Å². The van der Waals surface area contributed by atoms with Crippen molar-refractivity contribution in [2.75, 3.05) is 11.6 Å². The number of halogens is 1. The first kappa shape index (κ1) is 13.5. The minimum atomic E-state index is -0.126. The number of rotatable bonds is 3. The lowest BCUT2D eigenvalue weighted by Crippen LogP contribution is -2.54. The highest BCUT2D eigenvalue weighted by Gasteiger charge is 2.37. The molecule has 1 heterocycles. The summed E-state index contributed by atoms with van der Waals surface area (Å²) >= 11 is 7.93. The highest BCUT2D eigenvalue weighted by molar-refractivity contribution is 8.00. The minimum Gasteiger partial charge on any atom is -0.348 e. The number of hydrogen-bond acceptors (Lipinski definition) is 2. The molecule has 98 valence electrons. The Labute approximate surface area is 113 Å². The van der Waals surface area contributed by atoms with Gasteiger partial charge in [-0.25, -0.2) is 0 Å². The van der Waals surface area contributed by atoms with Gasteiger partial charge in [0.25, 0.3) is 0 Å². The Morgan fingerprint density at radius 3 is 2.88 bits per heavy atom. The van der Waals surface area contributed by atoms with Crippen LogP contribution in [0.1, 0.15) is 45.4 Å². The third-order valence-electron chi connectivity index (χ3n) is 3.96. The van der Waals surface area contributed by atoms with Crippen molar-refractivity contribution in [2.24, 2.45) is 5.92 Å².